The number of benzene rings is 3. The van der Waals surface area contributed by atoms with Crippen LogP contribution in [0.15, 0.2) is 72.8 Å². The number of hydrogen-bond donors (Lipinski definition) is 0. The Balaban J connectivity index is 1.39. The summed E-state index contributed by atoms with van der Waals surface area (Å²) in [5.74, 6) is -1.88. The zero-order valence-corrected chi connectivity index (χ0v) is 15.3. The SMILES string of the molecule is O=C(OCC(=O)c1ccccc1F)c1ccc(Cn2nnc3ccccc32)cc1. The summed E-state index contributed by atoms with van der Waals surface area (Å²) < 4.78 is 20.4. The Morgan fingerprint density at radius 3 is 2.45 bits per heavy atom. The molecule has 0 saturated carbocycles. The summed E-state index contributed by atoms with van der Waals surface area (Å²) in [6.07, 6.45) is 0. The lowest BCUT2D eigenvalue weighted by molar-refractivity contribution is 0.0473. The number of aromatic nitrogens is 3. The number of rotatable bonds is 6. The van der Waals surface area contributed by atoms with E-state index in [1.807, 2.05) is 24.3 Å². The molecule has 1 heterocycles. The second-order valence-electron chi connectivity index (χ2n) is 6.41. The van der Waals surface area contributed by atoms with E-state index in [2.05, 4.69) is 10.3 Å². The number of halogens is 1. The number of para-hydroxylation sites is 1. The van der Waals surface area contributed by atoms with Crippen molar-refractivity contribution in [1.29, 1.82) is 0 Å². The highest BCUT2D eigenvalue weighted by molar-refractivity contribution is 5.99. The summed E-state index contributed by atoms with van der Waals surface area (Å²) in [5, 5.41) is 8.25. The van der Waals surface area contributed by atoms with Gasteiger partial charge < -0.3 is 4.74 Å². The second kappa shape index (κ2) is 8.02. The van der Waals surface area contributed by atoms with E-state index in [0.717, 1.165) is 16.6 Å². The topological polar surface area (TPSA) is 74.1 Å². The fourth-order valence-electron chi connectivity index (χ4n) is 2.93. The van der Waals surface area contributed by atoms with Crippen molar-refractivity contribution in [3.63, 3.8) is 0 Å². The molecule has 0 saturated heterocycles. The van der Waals surface area contributed by atoms with Crippen LogP contribution in [0.3, 0.4) is 0 Å². The molecule has 0 amide bonds. The predicted molar refractivity (Wildman–Crippen MR) is 104 cm³/mol. The van der Waals surface area contributed by atoms with E-state index in [1.54, 1.807) is 35.0 Å². The number of fused-ring (bicyclic) bond motifs is 1. The minimum atomic E-state index is -0.646. The van der Waals surface area contributed by atoms with E-state index >= 15 is 0 Å². The van der Waals surface area contributed by atoms with Crippen LogP contribution in [0.2, 0.25) is 0 Å². The molecule has 0 bridgehead atoms. The van der Waals surface area contributed by atoms with Gasteiger partial charge in [0.05, 0.1) is 23.2 Å². The van der Waals surface area contributed by atoms with Crippen LogP contribution < -0.4 is 0 Å². The van der Waals surface area contributed by atoms with Crippen molar-refractivity contribution in [3.05, 3.63) is 95.3 Å². The lowest BCUT2D eigenvalue weighted by atomic mass is 10.1. The quantitative estimate of drug-likeness (QED) is 0.372. The van der Waals surface area contributed by atoms with E-state index < -0.39 is 24.2 Å². The maximum Gasteiger partial charge on any atom is 0.338 e. The van der Waals surface area contributed by atoms with Crippen LogP contribution >= 0.6 is 0 Å². The molecule has 0 aliphatic rings. The first-order valence-corrected chi connectivity index (χ1v) is 8.94. The van der Waals surface area contributed by atoms with Gasteiger partial charge in [0.1, 0.15) is 11.3 Å². The lowest BCUT2D eigenvalue weighted by Crippen LogP contribution is -2.15. The highest BCUT2D eigenvalue weighted by Gasteiger charge is 2.15. The van der Waals surface area contributed by atoms with Crippen LogP contribution in [0.25, 0.3) is 11.0 Å². The molecular formula is C22H16FN3O3. The monoisotopic (exact) mass is 389 g/mol. The van der Waals surface area contributed by atoms with Gasteiger partial charge in [0, 0.05) is 0 Å². The minimum absolute atomic E-state index is 0.101. The Kier molecular flexibility index (Phi) is 5.11. The maximum atomic E-state index is 13.6. The number of ketones is 1. The summed E-state index contributed by atoms with van der Waals surface area (Å²) >= 11 is 0. The van der Waals surface area contributed by atoms with Gasteiger partial charge in [0.2, 0.25) is 5.78 Å². The molecule has 4 rings (SSSR count). The molecule has 6 nitrogen and oxygen atoms in total. The molecule has 7 heteroatoms. The normalized spacial score (nSPS) is 10.8. The smallest absolute Gasteiger partial charge is 0.338 e. The molecule has 3 aromatic carbocycles. The van der Waals surface area contributed by atoms with Gasteiger partial charge in [-0.2, -0.15) is 0 Å². The van der Waals surface area contributed by atoms with Crippen molar-refractivity contribution in [2.24, 2.45) is 0 Å². The molecule has 1 aromatic heterocycles. The van der Waals surface area contributed by atoms with Gasteiger partial charge in [0.25, 0.3) is 0 Å². The van der Waals surface area contributed by atoms with Gasteiger partial charge in [-0.3, -0.25) is 4.79 Å². The molecule has 29 heavy (non-hydrogen) atoms. The fourth-order valence-corrected chi connectivity index (χ4v) is 2.93. The maximum absolute atomic E-state index is 13.6. The van der Waals surface area contributed by atoms with Crippen LogP contribution in [0.1, 0.15) is 26.3 Å². The van der Waals surface area contributed by atoms with E-state index in [1.165, 1.54) is 18.2 Å². The van der Waals surface area contributed by atoms with Crippen molar-refractivity contribution in [3.8, 4) is 0 Å². The summed E-state index contributed by atoms with van der Waals surface area (Å²) in [6.45, 7) is -0.0198. The van der Waals surface area contributed by atoms with E-state index in [4.69, 9.17) is 4.74 Å². The van der Waals surface area contributed by atoms with Crippen molar-refractivity contribution in [1.82, 2.24) is 15.0 Å². The number of carbonyl (C=O) groups is 2. The number of Topliss-reactive ketones (excluding diaryl/α,β-unsaturated/α-hetero) is 1. The third-order valence-corrected chi connectivity index (χ3v) is 4.45. The largest absolute Gasteiger partial charge is 0.454 e. The molecule has 4 aromatic rings. The van der Waals surface area contributed by atoms with E-state index in [0.29, 0.717) is 12.1 Å². The minimum Gasteiger partial charge on any atom is -0.454 e. The van der Waals surface area contributed by atoms with Gasteiger partial charge in [-0.05, 0) is 42.0 Å². The summed E-state index contributed by atoms with van der Waals surface area (Å²) in [7, 11) is 0. The molecule has 0 radical (unpaired) electrons. The van der Waals surface area contributed by atoms with Crippen molar-refractivity contribution >= 4 is 22.8 Å². The molecule has 144 valence electrons. The standard InChI is InChI=1S/C22H16FN3O3/c23-18-6-2-1-5-17(18)21(27)14-29-22(28)16-11-9-15(10-12-16)13-26-20-8-4-3-7-19(20)24-25-26/h1-12H,13-14H2. The molecular weight excluding hydrogens is 373 g/mol. The van der Waals surface area contributed by atoms with Gasteiger partial charge in [-0.1, -0.05) is 41.6 Å². The van der Waals surface area contributed by atoms with Gasteiger partial charge >= 0.3 is 5.97 Å². The third kappa shape index (κ3) is 4.03. The van der Waals surface area contributed by atoms with Crippen LogP contribution in [-0.4, -0.2) is 33.4 Å². The summed E-state index contributed by atoms with van der Waals surface area (Å²) in [5.41, 5.74) is 2.86. The van der Waals surface area contributed by atoms with Gasteiger partial charge in [-0.25, -0.2) is 13.9 Å². The van der Waals surface area contributed by atoms with Gasteiger partial charge in [-0.15, -0.1) is 5.10 Å². The molecule has 0 N–H and O–H groups in total. The lowest BCUT2D eigenvalue weighted by Gasteiger charge is -2.07. The molecule has 0 spiro atoms. The molecule has 0 unspecified atom stereocenters. The number of ether oxygens (including phenoxy) is 1. The average Bonchev–Trinajstić information content (AvgIpc) is 3.15. The zero-order valence-electron chi connectivity index (χ0n) is 15.3. The first kappa shape index (κ1) is 18.5. The fraction of sp³-hybridized carbons (Fsp3) is 0.0909. The average molecular weight is 389 g/mol. The Bertz CT molecular complexity index is 1190. The Hall–Kier alpha value is -3.87. The van der Waals surface area contributed by atoms with E-state index in [9.17, 15) is 14.0 Å². The second-order valence-corrected chi connectivity index (χ2v) is 6.41. The van der Waals surface area contributed by atoms with Crippen LogP contribution in [0, 0.1) is 5.82 Å². The highest BCUT2D eigenvalue weighted by atomic mass is 19.1. The van der Waals surface area contributed by atoms with Crippen LogP contribution in [0.4, 0.5) is 4.39 Å². The van der Waals surface area contributed by atoms with Crippen LogP contribution in [-0.2, 0) is 11.3 Å². The van der Waals surface area contributed by atoms with E-state index in [-0.39, 0.29) is 5.56 Å². The molecule has 0 aliphatic heterocycles. The Morgan fingerprint density at radius 1 is 0.931 bits per heavy atom. The zero-order chi connectivity index (χ0) is 20.2. The summed E-state index contributed by atoms with van der Waals surface area (Å²) in [6, 6.07) is 20.0. The van der Waals surface area contributed by atoms with Crippen molar-refractivity contribution in [2.45, 2.75) is 6.54 Å². The molecule has 0 atom stereocenters. The van der Waals surface area contributed by atoms with Crippen molar-refractivity contribution in [2.75, 3.05) is 6.61 Å². The first-order valence-electron chi connectivity index (χ1n) is 8.94. The first-order chi connectivity index (χ1) is 14.1. The van der Waals surface area contributed by atoms with Crippen molar-refractivity contribution < 1.29 is 18.7 Å². The summed E-state index contributed by atoms with van der Waals surface area (Å²) in [4.78, 5) is 24.2. The number of carbonyl (C=O) groups excluding carboxylic acids is 2. The van der Waals surface area contributed by atoms with Crippen LogP contribution in [0.5, 0.6) is 0 Å². The third-order valence-electron chi connectivity index (χ3n) is 4.45. The Labute approximate surface area is 165 Å². The number of nitrogens with zero attached hydrogens (tertiary/aromatic N) is 3. The molecule has 0 aliphatic carbocycles. The highest BCUT2D eigenvalue weighted by Crippen LogP contribution is 2.14. The molecule has 0 fully saturated rings. The Morgan fingerprint density at radius 2 is 1.66 bits per heavy atom. The van der Waals surface area contributed by atoms with Gasteiger partial charge in [0.15, 0.2) is 6.61 Å². The number of esters is 1. The predicted octanol–water partition coefficient (Wildman–Crippen LogP) is 3.66. The number of hydrogen-bond acceptors (Lipinski definition) is 5.